The van der Waals surface area contributed by atoms with Crippen LogP contribution in [0.25, 0.3) is 0 Å². The van der Waals surface area contributed by atoms with E-state index >= 15 is 0 Å². The van der Waals surface area contributed by atoms with Crippen molar-refractivity contribution < 1.29 is 8.42 Å². The van der Waals surface area contributed by atoms with Gasteiger partial charge in [0.05, 0.1) is 0 Å². The standard InChI is InChI=1S/C12H27N3O2S/c1-3-11(4-2)10-14-18(16,17)15-7-5-12(9-13)6-8-15/h11-12,14H,3-10,13H2,1-2H3. The molecule has 6 heteroatoms. The molecule has 0 aromatic heterocycles. The van der Waals surface area contributed by atoms with Gasteiger partial charge in [-0.25, -0.2) is 4.72 Å². The van der Waals surface area contributed by atoms with E-state index in [1.54, 1.807) is 4.31 Å². The molecule has 0 aliphatic carbocycles. The highest BCUT2D eigenvalue weighted by molar-refractivity contribution is 7.87. The second-order valence-electron chi connectivity index (χ2n) is 5.11. The Labute approximate surface area is 111 Å². The molecule has 0 unspecified atom stereocenters. The second kappa shape index (κ2) is 7.43. The normalized spacial score (nSPS) is 19.6. The molecule has 0 radical (unpaired) electrons. The molecule has 0 amide bonds. The highest BCUT2D eigenvalue weighted by Crippen LogP contribution is 2.18. The molecule has 5 nitrogen and oxygen atoms in total. The van der Waals surface area contributed by atoms with Gasteiger partial charge in [0.15, 0.2) is 0 Å². The van der Waals surface area contributed by atoms with E-state index in [4.69, 9.17) is 5.73 Å². The third kappa shape index (κ3) is 4.50. The topological polar surface area (TPSA) is 75.4 Å². The molecular formula is C12H27N3O2S. The summed E-state index contributed by atoms with van der Waals surface area (Å²) in [4.78, 5) is 0. The van der Waals surface area contributed by atoms with Crippen molar-refractivity contribution in [2.45, 2.75) is 39.5 Å². The molecule has 3 N–H and O–H groups in total. The van der Waals surface area contributed by atoms with Crippen LogP contribution < -0.4 is 10.5 Å². The van der Waals surface area contributed by atoms with Crippen LogP contribution in [0.15, 0.2) is 0 Å². The molecule has 1 fully saturated rings. The minimum Gasteiger partial charge on any atom is -0.330 e. The zero-order chi connectivity index (χ0) is 13.6. The Morgan fingerprint density at radius 3 is 2.28 bits per heavy atom. The van der Waals surface area contributed by atoms with Crippen LogP contribution in [0, 0.1) is 11.8 Å². The van der Waals surface area contributed by atoms with E-state index in [9.17, 15) is 8.42 Å². The molecule has 0 aromatic carbocycles. The third-order valence-electron chi connectivity index (χ3n) is 3.96. The predicted octanol–water partition coefficient (Wildman–Crippen LogP) is 0.928. The summed E-state index contributed by atoms with van der Waals surface area (Å²) >= 11 is 0. The lowest BCUT2D eigenvalue weighted by atomic mass is 9.99. The van der Waals surface area contributed by atoms with E-state index in [0.717, 1.165) is 25.7 Å². The van der Waals surface area contributed by atoms with Gasteiger partial charge in [0.1, 0.15) is 0 Å². The van der Waals surface area contributed by atoms with E-state index < -0.39 is 10.2 Å². The first-order valence-corrected chi connectivity index (χ1v) is 8.42. The van der Waals surface area contributed by atoms with Crippen molar-refractivity contribution in [3.63, 3.8) is 0 Å². The van der Waals surface area contributed by atoms with Crippen LogP contribution in [0.5, 0.6) is 0 Å². The zero-order valence-corrected chi connectivity index (χ0v) is 12.4. The first-order valence-electron chi connectivity index (χ1n) is 6.98. The van der Waals surface area contributed by atoms with Gasteiger partial charge in [-0.1, -0.05) is 26.7 Å². The Hall–Kier alpha value is -0.170. The lowest BCUT2D eigenvalue weighted by Crippen LogP contribution is -2.46. The monoisotopic (exact) mass is 277 g/mol. The van der Waals surface area contributed by atoms with E-state index in [-0.39, 0.29) is 0 Å². The minimum absolute atomic E-state index is 0.432. The molecule has 0 bridgehead atoms. The van der Waals surface area contributed by atoms with Crippen LogP contribution in [-0.2, 0) is 10.2 Å². The summed E-state index contributed by atoms with van der Waals surface area (Å²) in [5, 5.41) is 0. The maximum atomic E-state index is 12.1. The fourth-order valence-corrected chi connectivity index (χ4v) is 3.60. The van der Waals surface area contributed by atoms with Gasteiger partial charge in [-0.15, -0.1) is 0 Å². The van der Waals surface area contributed by atoms with Crippen LogP contribution in [0.2, 0.25) is 0 Å². The van der Waals surface area contributed by atoms with Crippen molar-refractivity contribution in [2.75, 3.05) is 26.2 Å². The van der Waals surface area contributed by atoms with Gasteiger partial charge in [-0.3, -0.25) is 0 Å². The van der Waals surface area contributed by atoms with Crippen molar-refractivity contribution in [1.29, 1.82) is 0 Å². The highest BCUT2D eigenvalue weighted by Gasteiger charge is 2.27. The van der Waals surface area contributed by atoms with Crippen molar-refractivity contribution >= 4 is 10.2 Å². The van der Waals surface area contributed by atoms with E-state index in [2.05, 4.69) is 18.6 Å². The van der Waals surface area contributed by atoms with Gasteiger partial charge < -0.3 is 5.73 Å². The molecule has 1 saturated heterocycles. The molecule has 1 aliphatic rings. The first kappa shape index (κ1) is 15.9. The Bertz CT molecular complexity index is 320. The van der Waals surface area contributed by atoms with Crippen molar-refractivity contribution in [1.82, 2.24) is 9.03 Å². The smallest absolute Gasteiger partial charge is 0.279 e. The van der Waals surface area contributed by atoms with Crippen LogP contribution >= 0.6 is 0 Å². The quantitative estimate of drug-likeness (QED) is 0.727. The van der Waals surface area contributed by atoms with Crippen LogP contribution in [0.3, 0.4) is 0 Å². The maximum absolute atomic E-state index is 12.1. The van der Waals surface area contributed by atoms with Gasteiger partial charge in [0, 0.05) is 19.6 Å². The van der Waals surface area contributed by atoms with E-state index in [1.165, 1.54) is 0 Å². The minimum atomic E-state index is -3.29. The summed E-state index contributed by atoms with van der Waals surface area (Å²) in [6.07, 6.45) is 3.77. The molecule has 0 saturated carbocycles. The van der Waals surface area contributed by atoms with Gasteiger partial charge >= 0.3 is 0 Å². The summed E-state index contributed by atoms with van der Waals surface area (Å²) in [5.74, 6) is 0.914. The molecule has 1 rings (SSSR count). The fourth-order valence-electron chi connectivity index (χ4n) is 2.28. The van der Waals surface area contributed by atoms with Gasteiger partial charge in [-0.05, 0) is 31.2 Å². The van der Waals surface area contributed by atoms with E-state index in [0.29, 0.717) is 38.0 Å². The average molecular weight is 277 g/mol. The van der Waals surface area contributed by atoms with Crippen LogP contribution in [0.4, 0.5) is 0 Å². The predicted molar refractivity (Wildman–Crippen MR) is 74.3 cm³/mol. The molecule has 0 atom stereocenters. The van der Waals surface area contributed by atoms with Crippen molar-refractivity contribution in [3.05, 3.63) is 0 Å². The lowest BCUT2D eigenvalue weighted by molar-refractivity contribution is 0.275. The van der Waals surface area contributed by atoms with Crippen LogP contribution in [0.1, 0.15) is 39.5 Å². The number of nitrogens with two attached hydrogens (primary N) is 1. The van der Waals surface area contributed by atoms with Gasteiger partial charge in [0.2, 0.25) is 0 Å². The second-order valence-corrected chi connectivity index (χ2v) is 6.87. The molecule has 0 aromatic rings. The zero-order valence-electron chi connectivity index (χ0n) is 11.6. The number of hydrogen-bond acceptors (Lipinski definition) is 3. The summed E-state index contributed by atoms with van der Waals surface area (Å²) < 4.78 is 28.5. The summed E-state index contributed by atoms with van der Waals surface area (Å²) in [7, 11) is -3.29. The molecular weight excluding hydrogens is 250 g/mol. The molecule has 1 heterocycles. The third-order valence-corrected chi connectivity index (χ3v) is 5.53. The molecule has 0 spiro atoms. The maximum Gasteiger partial charge on any atom is 0.279 e. The average Bonchev–Trinajstić information content (AvgIpc) is 2.40. The Morgan fingerprint density at radius 1 is 1.28 bits per heavy atom. The fraction of sp³-hybridized carbons (Fsp3) is 1.00. The highest BCUT2D eigenvalue weighted by atomic mass is 32.2. The Morgan fingerprint density at radius 2 is 1.83 bits per heavy atom. The van der Waals surface area contributed by atoms with Crippen LogP contribution in [-0.4, -0.2) is 38.9 Å². The lowest BCUT2D eigenvalue weighted by Gasteiger charge is -2.31. The van der Waals surface area contributed by atoms with E-state index in [1.807, 2.05) is 0 Å². The number of rotatable bonds is 7. The number of nitrogens with one attached hydrogen (secondary N) is 1. The largest absolute Gasteiger partial charge is 0.330 e. The Kier molecular flexibility index (Phi) is 6.55. The summed E-state index contributed by atoms with van der Waals surface area (Å²) in [6, 6.07) is 0. The van der Waals surface area contributed by atoms with Crippen molar-refractivity contribution in [3.8, 4) is 0 Å². The summed E-state index contributed by atoms with van der Waals surface area (Å²) in [6.45, 7) is 6.59. The molecule has 18 heavy (non-hydrogen) atoms. The van der Waals surface area contributed by atoms with Gasteiger partial charge in [0.25, 0.3) is 10.2 Å². The number of piperidine rings is 1. The summed E-state index contributed by atoms with van der Waals surface area (Å²) in [5.41, 5.74) is 5.61. The number of hydrogen-bond donors (Lipinski definition) is 2. The number of nitrogens with zero attached hydrogens (tertiary/aromatic N) is 1. The SMILES string of the molecule is CCC(CC)CNS(=O)(=O)N1CCC(CN)CC1. The van der Waals surface area contributed by atoms with Crippen molar-refractivity contribution in [2.24, 2.45) is 17.6 Å². The molecule has 1 aliphatic heterocycles. The first-order chi connectivity index (χ1) is 8.53. The molecule has 108 valence electrons. The van der Waals surface area contributed by atoms with Gasteiger partial charge in [-0.2, -0.15) is 12.7 Å². The Balaban J connectivity index is 2.44.